The number of nitrogens with two attached hydrogens (primary N) is 1. The molecule has 3 heteroatoms. The van der Waals surface area contributed by atoms with E-state index in [2.05, 4.69) is 39.6 Å². The highest BCUT2D eigenvalue weighted by Crippen LogP contribution is 2.20. The minimum Gasteiger partial charge on any atom is -0.330 e. The predicted molar refractivity (Wildman–Crippen MR) is 80.3 cm³/mol. The number of aromatic nitrogens is 2. The zero-order valence-electron chi connectivity index (χ0n) is 11.6. The molecular formula is C17H19N3. The van der Waals surface area contributed by atoms with E-state index >= 15 is 0 Å². The van der Waals surface area contributed by atoms with E-state index in [-0.39, 0.29) is 0 Å². The maximum absolute atomic E-state index is 5.41. The summed E-state index contributed by atoms with van der Waals surface area (Å²) in [5.74, 6) is 5.99. The van der Waals surface area contributed by atoms with E-state index in [1.54, 1.807) is 0 Å². The summed E-state index contributed by atoms with van der Waals surface area (Å²) < 4.78 is 2.28. The molecule has 0 unspecified atom stereocenters. The van der Waals surface area contributed by atoms with Gasteiger partial charge in [0, 0.05) is 17.8 Å². The topological polar surface area (TPSA) is 43.8 Å². The first-order valence-corrected chi connectivity index (χ1v) is 7.17. The Kier molecular flexibility index (Phi) is 3.85. The summed E-state index contributed by atoms with van der Waals surface area (Å²) in [7, 11) is 0. The molecule has 1 aliphatic carbocycles. The predicted octanol–water partition coefficient (Wildman–Crippen LogP) is 2.12. The maximum Gasteiger partial charge on any atom is 0.0954 e. The van der Waals surface area contributed by atoms with Gasteiger partial charge in [0.25, 0.3) is 0 Å². The van der Waals surface area contributed by atoms with Crippen molar-refractivity contribution in [3.63, 3.8) is 0 Å². The summed E-state index contributed by atoms with van der Waals surface area (Å²) in [5, 5.41) is 0. The Balaban J connectivity index is 1.82. The van der Waals surface area contributed by atoms with Gasteiger partial charge >= 0.3 is 0 Å². The van der Waals surface area contributed by atoms with Gasteiger partial charge in [-0.1, -0.05) is 24.0 Å². The van der Waals surface area contributed by atoms with Crippen molar-refractivity contribution in [3.05, 3.63) is 53.1 Å². The van der Waals surface area contributed by atoms with Crippen LogP contribution in [-0.4, -0.2) is 16.1 Å². The van der Waals surface area contributed by atoms with E-state index in [1.165, 1.54) is 29.8 Å². The third-order valence-electron chi connectivity index (χ3n) is 3.72. The van der Waals surface area contributed by atoms with E-state index in [9.17, 15) is 0 Å². The summed E-state index contributed by atoms with van der Waals surface area (Å²) in [4.78, 5) is 4.54. The van der Waals surface area contributed by atoms with Crippen LogP contribution in [0.15, 0.2) is 30.6 Å². The van der Waals surface area contributed by atoms with Gasteiger partial charge in [0.1, 0.15) is 0 Å². The molecule has 0 bridgehead atoms. The van der Waals surface area contributed by atoms with Crippen molar-refractivity contribution in [1.29, 1.82) is 0 Å². The molecule has 0 aliphatic heterocycles. The number of benzene rings is 1. The Hall–Kier alpha value is -2.05. The van der Waals surface area contributed by atoms with Gasteiger partial charge in [-0.05, 0) is 43.4 Å². The van der Waals surface area contributed by atoms with Crippen molar-refractivity contribution in [1.82, 2.24) is 9.55 Å². The molecule has 3 rings (SSSR count). The highest BCUT2D eigenvalue weighted by atomic mass is 15.1. The van der Waals surface area contributed by atoms with Crippen LogP contribution in [0.4, 0.5) is 0 Å². The first-order chi connectivity index (χ1) is 9.86. The molecule has 2 N–H and O–H groups in total. The Labute approximate surface area is 119 Å². The number of aryl methyl sites for hydroxylation is 1. The quantitative estimate of drug-likeness (QED) is 0.845. The van der Waals surface area contributed by atoms with Gasteiger partial charge in [-0.2, -0.15) is 0 Å². The fourth-order valence-electron chi connectivity index (χ4n) is 2.76. The molecule has 1 aliphatic rings. The van der Waals surface area contributed by atoms with Crippen molar-refractivity contribution in [2.75, 3.05) is 6.54 Å². The Morgan fingerprint density at radius 1 is 1.25 bits per heavy atom. The van der Waals surface area contributed by atoms with Gasteiger partial charge in [-0.25, -0.2) is 4.98 Å². The van der Waals surface area contributed by atoms with Crippen LogP contribution < -0.4 is 5.73 Å². The summed E-state index contributed by atoms with van der Waals surface area (Å²) in [6.45, 7) is 1.28. The average molecular weight is 265 g/mol. The second kappa shape index (κ2) is 5.94. The van der Waals surface area contributed by atoms with Crippen molar-refractivity contribution in [2.45, 2.75) is 32.2 Å². The summed E-state index contributed by atoms with van der Waals surface area (Å²) in [6, 6.07) is 8.36. The Morgan fingerprint density at radius 3 is 3.05 bits per heavy atom. The van der Waals surface area contributed by atoms with E-state index in [0.29, 0.717) is 6.54 Å². The first kappa shape index (κ1) is 13.0. The van der Waals surface area contributed by atoms with Crippen LogP contribution in [0.25, 0.3) is 0 Å². The van der Waals surface area contributed by atoms with Gasteiger partial charge in [-0.15, -0.1) is 0 Å². The Bertz CT molecular complexity index is 658. The molecule has 1 heterocycles. The second-order valence-electron chi connectivity index (χ2n) is 5.18. The van der Waals surface area contributed by atoms with E-state index in [0.717, 1.165) is 24.9 Å². The molecule has 0 amide bonds. The normalized spacial score (nSPS) is 13.4. The Morgan fingerprint density at radius 2 is 2.15 bits per heavy atom. The lowest BCUT2D eigenvalue weighted by atomic mass is 10.0. The van der Waals surface area contributed by atoms with E-state index in [1.807, 2.05) is 12.4 Å². The zero-order chi connectivity index (χ0) is 13.8. The number of rotatable bonds is 2. The second-order valence-corrected chi connectivity index (χ2v) is 5.18. The van der Waals surface area contributed by atoms with Gasteiger partial charge in [0.15, 0.2) is 0 Å². The van der Waals surface area contributed by atoms with Gasteiger partial charge < -0.3 is 10.3 Å². The largest absolute Gasteiger partial charge is 0.330 e. The molecule has 0 saturated heterocycles. The molecule has 3 nitrogen and oxygen atoms in total. The molecule has 2 aromatic rings. The molecule has 1 aromatic carbocycles. The van der Waals surface area contributed by atoms with Crippen LogP contribution in [0.3, 0.4) is 0 Å². The summed E-state index contributed by atoms with van der Waals surface area (Å²) in [6.07, 6.45) is 6.81. The molecule has 20 heavy (non-hydrogen) atoms. The highest BCUT2D eigenvalue weighted by Gasteiger charge is 2.14. The minimum absolute atomic E-state index is 0.402. The minimum atomic E-state index is 0.402. The molecular weight excluding hydrogens is 246 g/mol. The SMILES string of the molecule is NCC#Cc1cccc(Cn2cnc3c2CCCC3)c1. The highest BCUT2D eigenvalue weighted by molar-refractivity contribution is 5.37. The van der Waals surface area contributed by atoms with Gasteiger partial charge in [0.05, 0.1) is 18.6 Å². The third kappa shape index (κ3) is 2.76. The molecule has 0 saturated carbocycles. The van der Waals surface area contributed by atoms with E-state index < -0.39 is 0 Å². The lowest BCUT2D eigenvalue weighted by Gasteiger charge is -2.14. The summed E-state index contributed by atoms with van der Waals surface area (Å²) >= 11 is 0. The van der Waals surface area contributed by atoms with E-state index in [4.69, 9.17) is 5.73 Å². The van der Waals surface area contributed by atoms with Crippen LogP contribution in [-0.2, 0) is 19.4 Å². The van der Waals surface area contributed by atoms with Crippen LogP contribution >= 0.6 is 0 Å². The molecule has 0 fully saturated rings. The average Bonchev–Trinajstić information content (AvgIpc) is 2.89. The smallest absolute Gasteiger partial charge is 0.0954 e. The first-order valence-electron chi connectivity index (χ1n) is 7.17. The van der Waals surface area contributed by atoms with Crippen molar-refractivity contribution < 1.29 is 0 Å². The lowest BCUT2D eigenvalue weighted by Crippen LogP contribution is -2.09. The molecule has 0 spiro atoms. The van der Waals surface area contributed by atoms with Crippen LogP contribution in [0, 0.1) is 11.8 Å². The molecule has 0 atom stereocenters. The number of fused-ring (bicyclic) bond motifs is 1. The molecule has 0 radical (unpaired) electrons. The third-order valence-corrected chi connectivity index (χ3v) is 3.72. The fourth-order valence-corrected chi connectivity index (χ4v) is 2.76. The number of hydrogen-bond acceptors (Lipinski definition) is 2. The summed E-state index contributed by atoms with van der Waals surface area (Å²) in [5.41, 5.74) is 10.4. The van der Waals surface area contributed by atoms with Crippen LogP contribution in [0.2, 0.25) is 0 Å². The van der Waals surface area contributed by atoms with Crippen molar-refractivity contribution in [3.8, 4) is 11.8 Å². The fraction of sp³-hybridized carbons (Fsp3) is 0.353. The van der Waals surface area contributed by atoms with Gasteiger partial charge in [0.2, 0.25) is 0 Å². The maximum atomic E-state index is 5.41. The zero-order valence-corrected chi connectivity index (χ0v) is 11.6. The monoisotopic (exact) mass is 265 g/mol. The van der Waals surface area contributed by atoms with Gasteiger partial charge in [-0.3, -0.25) is 0 Å². The van der Waals surface area contributed by atoms with Crippen LogP contribution in [0.1, 0.15) is 35.4 Å². The standard InChI is InChI=1S/C17H19N3/c18-10-4-7-14-5-3-6-15(11-14)12-20-13-19-16-8-1-2-9-17(16)20/h3,5-6,11,13H,1-2,8-10,12,18H2. The molecule has 102 valence electrons. The number of nitrogens with zero attached hydrogens (tertiary/aromatic N) is 2. The van der Waals surface area contributed by atoms with Crippen molar-refractivity contribution >= 4 is 0 Å². The van der Waals surface area contributed by atoms with Crippen LogP contribution in [0.5, 0.6) is 0 Å². The molecule has 1 aromatic heterocycles. The lowest BCUT2D eigenvalue weighted by molar-refractivity contribution is 0.628. The number of hydrogen-bond donors (Lipinski definition) is 1. The van der Waals surface area contributed by atoms with Crippen molar-refractivity contribution in [2.24, 2.45) is 5.73 Å². The number of imidazole rings is 1.